The number of hydrogen-bond donors (Lipinski definition) is 1. The molecule has 0 saturated heterocycles. The molecule has 0 amide bonds. The number of alkyl halides is 3. The van der Waals surface area contributed by atoms with Crippen molar-refractivity contribution >= 4 is 0 Å². The Balaban J connectivity index is 2.62. The van der Waals surface area contributed by atoms with E-state index in [1.807, 2.05) is 0 Å². The molecule has 0 bridgehead atoms. The van der Waals surface area contributed by atoms with E-state index in [4.69, 9.17) is 5.73 Å². The van der Waals surface area contributed by atoms with Crippen molar-refractivity contribution in [3.05, 3.63) is 34.6 Å². The quantitative estimate of drug-likeness (QED) is 0.684. The number of rotatable bonds is 0. The second-order valence-corrected chi connectivity index (χ2v) is 4.02. The molecule has 1 aliphatic rings. The Labute approximate surface area is 90.3 Å². The van der Waals surface area contributed by atoms with Gasteiger partial charge in [0.1, 0.15) is 5.82 Å². The molecule has 0 aliphatic heterocycles. The first-order valence-electron chi connectivity index (χ1n) is 5.04. The normalized spacial score (nSPS) is 20.7. The maximum Gasteiger partial charge on any atom is 0.416 e. The minimum atomic E-state index is -4.51. The van der Waals surface area contributed by atoms with Crippen LogP contribution in [0.25, 0.3) is 0 Å². The van der Waals surface area contributed by atoms with Crippen molar-refractivity contribution in [1.82, 2.24) is 0 Å². The molecule has 0 fully saturated rings. The summed E-state index contributed by atoms with van der Waals surface area (Å²) in [6, 6.07) is 1.19. The van der Waals surface area contributed by atoms with Gasteiger partial charge in [-0.1, -0.05) is 0 Å². The largest absolute Gasteiger partial charge is 0.416 e. The van der Waals surface area contributed by atoms with Gasteiger partial charge in [0.2, 0.25) is 0 Å². The Bertz CT molecular complexity index is 411. The summed E-state index contributed by atoms with van der Waals surface area (Å²) < 4.78 is 51.1. The molecule has 2 N–H and O–H groups in total. The number of nitrogens with two attached hydrogens (primary N) is 1. The van der Waals surface area contributed by atoms with Gasteiger partial charge in [0.15, 0.2) is 0 Å². The number of fused-ring (bicyclic) bond motifs is 1. The molecule has 1 nitrogen and oxygen atoms in total. The lowest BCUT2D eigenvalue weighted by Gasteiger charge is -2.25. The average molecular weight is 233 g/mol. The molecule has 0 heterocycles. The Hall–Kier alpha value is -1.10. The molecule has 1 aliphatic carbocycles. The number of benzene rings is 1. The van der Waals surface area contributed by atoms with Gasteiger partial charge in [0, 0.05) is 6.04 Å². The molecule has 1 aromatic rings. The van der Waals surface area contributed by atoms with Crippen molar-refractivity contribution in [2.24, 2.45) is 5.73 Å². The van der Waals surface area contributed by atoms with E-state index < -0.39 is 23.6 Å². The van der Waals surface area contributed by atoms with Gasteiger partial charge in [-0.15, -0.1) is 0 Å². The van der Waals surface area contributed by atoms with Crippen LogP contribution in [0.5, 0.6) is 0 Å². The third kappa shape index (κ3) is 1.91. The lowest BCUT2D eigenvalue weighted by atomic mass is 9.85. The highest BCUT2D eigenvalue weighted by atomic mass is 19.4. The highest BCUT2D eigenvalue weighted by molar-refractivity contribution is 5.41. The van der Waals surface area contributed by atoms with Crippen LogP contribution in [0.3, 0.4) is 0 Å². The number of hydrogen-bond acceptors (Lipinski definition) is 1. The molecule has 0 aromatic heterocycles. The third-order valence-electron chi connectivity index (χ3n) is 2.90. The Morgan fingerprint density at radius 3 is 2.56 bits per heavy atom. The highest BCUT2D eigenvalue weighted by Crippen LogP contribution is 2.39. The van der Waals surface area contributed by atoms with Crippen LogP contribution in [-0.4, -0.2) is 0 Å². The summed E-state index contributed by atoms with van der Waals surface area (Å²) >= 11 is 0. The lowest BCUT2D eigenvalue weighted by Crippen LogP contribution is -2.22. The van der Waals surface area contributed by atoms with E-state index in [-0.39, 0.29) is 5.56 Å². The number of halogens is 4. The minimum absolute atomic E-state index is 0.160. The van der Waals surface area contributed by atoms with Crippen molar-refractivity contribution in [3.63, 3.8) is 0 Å². The van der Waals surface area contributed by atoms with Crippen molar-refractivity contribution in [1.29, 1.82) is 0 Å². The molecule has 5 heteroatoms. The standard InChI is InChI=1S/C11H11F4N/c12-6-4-8-7(2-1-3-10(8)16)9(5-6)11(13,14)15/h4-5,10H,1-3,16H2/t10-/m0/s1. The predicted octanol–water partition coefficient (Wildman–Crippen LogP) is 3.18. The van der Waals surface area contributed by atoms with Gasteiger partial charge >= 0.3 is 6.18 Å². The van der Waals surface area contributed by atoms with Gasteiger partial charge in [-0.25, -0.2) is 4.39 Å². The maximum absolute atomic E-state index is 13.1. The second-order valence-electron chi connectivity index (χ2n) is 4.02. The van der Waals surface area contributed by atoms with Crippen LogP contribution in [0.1, 0.15) is 35.6 Å². The van der Waals surface area contributed by atoms with Crippen molar-refractivity contribution in [3.8, 4) is 0 Å². The van der Waals surface area contributed by atoms with E-state index in [1.165, 1.54) is 0 Å². The SMILES string of the molecule is N[C@H]1CCCc2c1cc(F)cc2C(F)(F)F. The first kappa shape index (κ1) is 11.4. The first-order chi connectivity index (χ1) is 7.39. The fourth-order valence-corrected chi connectivity index (χ4v) is 2.17. The van der Waals surface area contributed by atoms with Crippen molar-refractivity contribution < 1.29 is 17.6 Å². The lowest BCUT2D eigenvalue weighted by molar-refractivity contribution is -0.138. The maximum atomic E-state index is 13.1. The average Bonchev–Trinajstić information content (AvgIpc) is 2.17. The van der Waals surface area contributed by atoms with Gasteiger partial charge < -0.3 is 5.73 Å². The van der Waals surface area contributed by atoms with Gasteiger partial charge in [-0.3, -0.25) is 0 Å². The molecular weight excluding hydrogens is 222 g/mol. The molecule has 0 radical (unpaired) electrons. The fraction of sp³-hybridized carbons (Fsp3) is 0.455. The van der Waals surface area contributed by atoms with Gasteiger partial charge in [0.05, 0.1) is 5.56 Å². The Morgan fingerprint density at radius 2 is 1.94 bits per heavy atom. The van der Waals surface area contributed by atoms with Crippen molar-refractivity contribution in [2.45, 2.75) is 31.5 Å². The fourth-order valence-electron chi connectivity index (χ4n) is 2.17. The minimum Gasteiger partial charge on any atom is -0.324 e. The van der Waals surface area contributed by atoms with Crippen LogP contribution in [-0.2, 0) is 12.6 Å². The van der Waals surface area contributed by atoms with E-state index in [0.717, 1.165) is 6.07 Å². The zero-order chi connectivity index (χ0) is 11.9. The summed E-state index contributed by atoms with van der Waals surface area (Å²) in [4.78, 5) is 0. The monoisotopic (exact) mass is 233 g/mol. The van der Waals surface area contributed by atoms with Crippen LogP contribution < -0.4 is 5.73 Å². The highest BCUT2D eigenvalue weighted by Gasteiger charge is 2.36. The second kappa shape index (κ2) is 3.73. The molecule has 16 heavy (non-hydrogen) atoms. The molecule has 1 atom stereocenters. The molecule has 0 saturated carbocycles. The van der Waals surface area contributed by atoms with Crippen LogP contribution in [0, 0.1) is 5.82 Å². The van der Waals surface area contributed by atoms with Gasteiger partial charge in [0.25, 0.3) is 0 Å². The van der Waals surface area contributed by atoms with E-state index in [2.05, 4.69) is 0 Å². The van der Waals surface area contributed by atoms with E-state index >= 15 is 0 Å². The summed E-state index contributed by atoms with van der Waals surface area (Å²) in [5, 5.41) is 0. The predicted molar refractivity (Wildman–Crippen MR) is 51.3 cm³/mol. The van der Waals surface area contributed by atoms with Crippen LogP contribution in [0.4, 0.5) is 17.6 Å². The topological polar surface area (TPSA) is 26.0 Å². The molecule has 2 rings (SSSR count). The van der Waals surface area contributed by atoms with Crippen molar-refractivity contribution in [2.75, 3.05) is 0 Å². The van der Waals surface area contributed by atoms with Crippen LogP contribution in [0.15, 0.2) is 12.1 Å². The van der Waals surface area contributed by atoms with E-state index in [0.29, 0.717) is 30.9 Å². The zero-order valence-electron chi connectivity index (χ0n) is 8.44. The van der Waals surface area contributed by atoms with E-state index in [1.54, 1.807) is 0 Å². The Kier molecular flexibility index (Phi) is 2.66. The molecule has 0 spiro atoms. The molecular formula is C11H11F4N. The summed E-state index contributed by atoms with van der Waals surface area (Å²) in [5.41, 5.74) is 5.28. The van der Waals surface area contributed by atoms with E-state index in [9.17, 15) is 17.6 Å². The zero-order valence-corrected chi connectivity index (χ0v) is 8.44. The Morgan fingerprint density at radius 1 is 1.25 bits per heavy atom. The third-order valence-corrected chi connectivity index (χ3v) is 2.90. The van der Waals surface area contributed by atoms with Crippen LogP contribution in [0.2, 0.25) is 0 Å². The first-order valence-corrected chi connectivity index (χ1v) is 5.04. The molecule has 1 aromatic carbocycles. The summed E-state index contributed by atoms with van der Waals surface area (Å²) in [5.74, 6) is -0.872. The van der Waals surface area contributed by atoms with Crippen LogP contribution >= 0.6 is 0 Å². The summed E-state index contributed by atoms with van der Waals surface area (Å²) in [6.45, 7) is 0. The summed E-state index contributed by atoms with van der Waals surface area (Å²) in [7, 11) is 0. The molecule has 0 unspecified atom stereocenters. The van der Waals surface area contributed by atoms with Gasteiger partial charge in [-0.05, 0) is 42.5 Å². The summed E-state index contributed by atoms with van der Waals surface area (Å²) in [6.07, 6.45) is -2.97. The van der Waals surface area contributed by atoms with Gasteiger partial charge in [-0.2, -0.15) is 13.2 Å². The molecule has 88 valence electrons. The smallest absolute Gasteiger partial charge is 0.324 e.